The number of benzene rings is 1. The first kappa shape index (κ1) is 16.5. The number of esters is 1. The Morgan fingerprint density at radius 3 is 2.80 bits per heavy atom. The minimum atomic E-state index is -0.484. The summed E-state index contributed by atoms with van der Waals surface area (Å²) in [6, 6.07) is 7.01. The molecule has 1 aromatic rings. The number of ether oxygens (including phenoxy) is 2. The Kier molecular flexibility index (Phi) is 7.69. The maximum absolute atomic E-state index is 11.6. The second-order valence-corrected chi connectivity index (χ2v) is 4.42. The standard InChI is InChI=1S/C15H23NO4/c1-3-9-16-13(15(18)19-2)11-20-14-7-5-4-6-12(14)8-10-17/h4-7,13,16-17H,3,8-11H2,1-2H3. The minimum absolute atomic E-state index is 0.0644. The summed E-state index contributed by atoms with van der Waals surface area (Å²) in [6.07, 6.45) is 1.45. The first-order valence-electron chi connectivity index (χ1n) is 6.85. The zero-order valence-electron chi connectivity index (χ0n) is 12.1. The molecule has 0 aromatic heterocycles. The molecule has 1 aromatic carbocycles. The lowest BCUT2D eigenvalue weighted by Crippen LogP contribution is -2.42. The third-order valence-electron chi connectivity index (χ3n) is 2.89. The van der Waals surface area contributed by atoms with E-state index in [0.717, 1.165) is 18.5 Å². The van der Waals surface area contributed by atoms with Gasteiger partial charge in [0.15, 0.2) is 0 Å². The number of para-hydroxylation sites is 1. The molecule has 0 saturated carbocycles. The molecule has 0 spiro atoms. The van der Waals surface area contributed by atoms with Gasteiger partial charge in [-0.25, -0.2) is 0 Å². The second-order valence-electron chi connectivity index (χ2n) is 4.42. The van der Waals surface area contributed by atoms with Gasteiger partial charge in [0.1, 0.15) is 18.4 Å². The SMILES string of the molecule is CCCNC(COc1ccccc1CCO)C(=O)OC. The summed E-state index contributed by atoms with van der Waals surface area (Å²) in [7, 11) is 1.36. The van der Waals surface area contributed by atoms with Crippen LogP contribution in [0.25, 0.3) is 0 Å². The van der Waals surface area contributed by atoms with E-state index in [1.54, 1.807) is 0 Å². The van der Waals surface area contributed by atoms with Crippen LogP contribution in [0.2, 0.25) is 0 Å². The molecular formula is C15H23NO4. The van der Waals surface area contributed by atoms with Crippen molar-refractivity contribution in [2.75, 3.05) is 26.9 Å². The third-order valence-corrected chi connectivity index (χ3v) is 2.89. The minimum Gasteiger partial charge on any atom is -0.491 e. The molecule has 0 bridgehead atoms. The van der Waals surface area contributed by atoms with Crippen LogP contribution in [-0.2, 0) is 16.0 Å². The zero-order chi connectivity index (χ0) is 14.8. The van der Waals surface area contributed by atoms with Crippen molar-refractivity contribution in [1.82, 2.24) is 5.32 Å². The number of aliphatic hydroxyl groups is 1. The molecule has 0 fully saturated rings. The molecule has 0 saturated heterocycles. The van der Waals surface area contributed by atoms with Crippen LogP contribution >= 0.6 is 0 Å². The summed E-state index contributed by atoms with van der Waals surface area (Å²) in [5, 5.41) is 12.1. The van der Waals surface area contributed by atoms with E-state index in [0.29, 0.717) is 12.2 Å². The van der Waals surface area contributed by atoms with Crippen molar-refractivity contribution in [2.45, 2.75) is 25.8 Å². The van der Waals surface area contributed by atoms with Crippen molar-refractivity contribution in [3.8, 4) is 5.75 Å². The molecule has 2 N–H and O–H groups in total. The smallest absolute Gasteiger partial charge is 0.326 e. The Morgan fingerprint density at radius 1 is 1.40 bits per heavy atom. The molecule has 0 heterocycles. The number of nitrogens with one attached hydrogen (secondary N) is 1. The molecule has 112 valence electrons. The fourth-order valence-electron chi connectivity index (χ4n) is 1.82. The van der Waals surface area contributed by atoms with Crippen LogP contribution < -0.4 is 10.1 Å². The molecule has 1 atom stereocenters. The average Bonchev–Trinajstić information content (AvgIpc) is 2.48. The van der Waals surface area contributed by atoms with E-state index >= 15 is 0 Å². The predicted octanol–water partition coefficient (Wildman–Crippen LogP) is 1.14. The number of aliphatic hydroxyl groups excluding tert-OH is 1. The van der Waals surface area contributed by atoms with Crippen molar-refractivity contribution in [3.63, 3.8) is 0 Å². The average molecular weight is 281 g/mol. The van der Waals surface area contributed by atoms with Gasteiger partial charge in [0, 0.05) is 6.61 Å². The molecule has 5 nitrogen and oxygen atoms in total. The second kappa shape index (κ2) is 9.34. The molecule has 20 heavy (non-hydrogen) atoms. The van der Waals surface area contributed by atoms with E-state index < -0.39 is 6.04 Å². The molecule has 1 unspecified atom stereocenters. The number of rotatable bonds is 9. The Hall–Kier alpha value is -1.59. The number of methoxy groups -OCH3 is 1. The van der Waals surface area contributed by atoms with Crippen molar-refractivity contribution >= 4 is 5.97 Å². The van der Waals surface area contributed by atoms with Gasteiger partial charge in [0.2, 0.25) is 0 Å². The summed E-state index contributed by atoms with van der Waals surface area (Å²) in [6.45, 7) is 3.02. The van der Waals surface area contributed by atoms with E-state index in [-0.39, 0.29) is 19.2 Å². The van der Waals surface area contributed by atoms with Gasteiger partial charge in [-0.1, -0.05) is 25.1 Å². The number of hydrogen-bond donors (Lipinski definition) is 2. The Labute approximate surface area is 119 Å². The van der Waals surface area contributed by atoms with E-state index in [1.165, 1.54) is 7.11 Å². The molecular weight excluding hydrogens is 258 g/mol. The number of carbonyl (C=O) groups excluding carboxylic acids is 1. The van der Waals surface area contributed by atoms with E-state index in [2.05, 4.69) is 5.32 Å². The molecule has 5 heteroatoms. The zero-order valence-corrected chi connectivity index (χ0v) is 12.1. The van der Waals surface area contributed by atoms with E-state index in [4.69, 9.17) is 14.6 Å². The summed E-state index contributed by atoms with van der Waals surface area (Å²) >= 11 is 0. The Balaban J connectivity index is 2.64. The van der Waals surface area contributed by atoms with Gasteiger partial charge in [-0.15, -0.1) is 0 Å². The lowest BCUT2D eigenvalue weighted by molar-refractivity contribution is -0.143. The van der Waals surface area contributed by atoms with Crippen LogP contribution in [0.3, 0.4) is 0 Å². The van der Waals surface area contributed by atoms with E-state index in [9.17, 15) is 4.79 Å². The van der Waals surface area contributed by atoms with E-state index in [1.807, 2.05) is 31.2 Å². The maximum atomic E-state index is 11.6. The van der Waals surface area contributed by atoms with Crippen molar-refractivity contribution in [1.29, 1.82) is 0 Å². The highest BCUT2D eigenvalue weighted by molar-refractivity contribution is 5.75. The molecule has 0 aliphatic carbocycles. The number of carbonyl (C=O) groups is 1. The normalized spacial score (nSPS) is 11.9. The molecule has 0 aliphatic rings. The fraction of sp³-hybridized carbons (Fsp3) is 0.533. The van der Waals surface area contributed by atoms with Gasteiger partial charge in [0.25, 0.3) is 0 Å². The molecule has 1 rings (SSSR count). The van der Waals surface area contributed by atoms with Crippen LogP contribution in [0.15, 0.2) is 24.3 Å². The summed E-state index contributed by atoms with van der Waals surface area (Å²) in [4.78, 5) is 11.6. The Morgan fingerprint density at radius 2 is 2.15 bits per heavy atom. The van der Waals surface area contributed by atoms with Crippen molar-refractivity contribution in [2.24, 2.45) is 0 Å². The summed E-state index contributed by atoms with van der Waals surface area (Å²) < 4.78 is 10.5. The fourth-order valence-corrected chi connectivity index (χ4v) is 1.82. The van der Waals surface area contributed by atoms with Gasteiger partial charge in [0.05, 0.1) is 7.11 Å². The van der Waals surface area contributed by atoms with Crippen molar-refractivity contribution < 1.29 is 19.4 Å². The quantitative estimate of drug-likeness (QED) is 0.664. The van der Waals surface area contributed by atoms with Gasteiger partial charge >= 0.3 is 5.97 Å². The van der Waals surface area contributed by atoms with Crippen molar-refractivity contribution in [3.05, 3.63) is 29.8 Å². The third kappa shape index (κ3) is 5.19. The topological polar surface area (TPSA) is 67.8 Å². The van der Waals surface area contributed by atoms with Gasteiger partial charge in [-0.2, -0.15) is 0 Å². The molecule has 0 aliphatic heterocycles. The van der Waals surface area contributed by atoms with Gasteiger partial charge in [-0.3, -0.25) is 4.79 Å². The van der Waals surface area contributed by atoms with Crippen LogP contribution in [0, 0.1) is 0 Å². The van der Waals surface area contributed by atoms with Crippen LogP contribution in [0.5, 0.6) is 5.75 Å². The Bertz CT molecular complexity index is 409. The van der Waals surface area contributed by atoms with Gasteiger partial charge in [-0.05, 0) is 31.0 Å². The highest BCUT2D eigenvalue weighted by atomic mass is 16.5. The monoisotopic (exact) mass is 281 g/mol. The lowest BCUT2D eigenvalue weighted by atomic mass is 10.1. The van der Waals surface area contributed by atoms with Crippen LogP contribution in [-0.4, -0.2) is 44.0 Å². The van der Waals surface area contributed by atoms with Crippen LogP contribution in [0.4, 0.5) is 0 Å². The van der Waals surface area contributed by atoms with Gasteiger partial charge < -0.3 is 19.9 Å². The molecule has 0 amide bonds. The first-order valence-corrected chi connectivity index (χ1v) is 6.85. The summed E-state index contributed by atoms with van der Waals surface area (Å²) in [5.41, 5.74) is 0.925. The maximum Gasteiger partial charge on any atom is 0.326 e. The first-order chi connectivity index (χ1) is 9.72. The lowest BCUT2D eigenvalue weighted by Gasteiger charge is -2.18. The number of hydrogen-bond acceptors (Lipinski definition) is 5. The highest BCUT2D eigenvalue weighted by Crippen LogP contribution is 2.18. The summed E-state index contributed by atoms with van der Waals surface area (Å²) in [5.74, 6) is 0.354. The molecule has 0 radical (unpaired) electrons. The highest BCUT2D eigenvalue weighted by Gasteiger charge is 2.19. The predicted molar refractivity (Wildman–Crippen MR) is 76.8 cm³/mol. The van der Waals surface area contributed by atoms with Crippen LogP contribution in [0.1, 0.15) is 18.9 Å². The largest absolute Gasteiger partial charge is 0.491 e.